The second kappa shape index (κ2) is 6.53. The molecule has 4 aromatic heterocycles. The Morgan fingerprint density at radius 2 is 2.00 bits per heavy atom. The van der Waals surface area contributed by atoms with Crippen molar-refractivity contribution in [1.82, 2.24) is 29.9 Å². The lowest BCUT2D eigenvalue weighted by Gasteiger charge is -2.33. The first kappa shape index (κ1) is 17.1. The van der Waals surface area contributed by atoms with Gasteiger partial charge in [0, 0.05) is 31.1 Å². The van der Waals surface area contributed by atoms with E-state index >= 15 is 0 Å². The van der Waals surface area contributed by atoms with E-state index in [2.05, 4.69) is 44.3 Å². The standard InChI is InChI=1S/C21H23N7/c1-13-8-19(26-28-12-15(3)24-21(13)28)18-5-4-16-9-17(10-23-20(16)25-18)27-7-6-22-14(2)11-27/h4-5,8-10,12,14,22H,6-7,11H2,1-3H3. The Morgan fingerprint density at radius 1 is 1.11 bits per heavy atom. The maximum absolute atomic E-state index is 4.76. The first-order chi connectivity index (χ1) is 13.6. The normalized spacial score (nSPS) is 17.5. The molecule has 7 nitrogen and oxygen atoms in total. The highest BCUT2D eigenvalue weighted by molar-refractivity contribution is 5.81. The van der Waals surface area contributed by atoms with Gasteiger partial charge in [0.15, 0.2) is 11.3 Å². The fraction of sp³-hybridized carbons (Fsp3) is 0.333. The number of pyridine rings is 2. The molecule has 28 heavy (non-hydrogen) atoms. The number of anilines is 1. The molecule has 0 aliphatic carbocycles. The van der Waals surface area contributed by atoms with E-state index < -0.39 is 0 Å². The number of piperazine rings is 1. The number of hydrogen-bond donors (Lipinski definition) is 1. The largest absolute Gasteiger partial charge is 0.367 e. The predicted molar refractivity (Wildman–Crippen MR) is 111 cm³/mol. The maximum Gasteiger partial charge on any atom is 0.159 e. The summed E-state index contributed by atoms with van der Waals surface area (Å²) in [7, 11) is 0. The van der Waals surface area contributed by atoms with Crippen LogP contribution in [0.1, 0.15) is 18.2 Å². The molecule has 0 aromatic carbocycles. The summed E-state index contributed by atoms with van der Waals surface area (Å²) in [5.74, 6) is 0. The zero-order chi connectivity index (χ0) is 19.3. The van der Waals surface area contributed by atoms with Gasteiger partial charge in [0.1, 0.15) is 5.69 Å². The van der Waals surface area contributed by atoms with Crippen molar-refractivity contribution in [2.45, 2.75) is 26.8 Å². The number of fused-ring (bicyclic) bond motifs is 2. The third-order valence-electron chi connectivity index (χ3n) is 5.25. The molecule has 0 spiro atoms. The van der Waals surface area contributed by atoms with Crippen molar-refractivity contribution in [2.24, 2.45) is 0 Å². The predicted octanol–water partition coefficient (Wildman–Crippen LogP) is 2.75. The minimum absolute atomic E-state index is 0.487. The number of aromatic nitrogens is 5. The van der Waals surface area contributed by atoms with Crippen LogP contribution in [0.4, 0.5) is 5.69 Å². The molecule has 0 bridgehead atoms. The number of imidazole rings is 1. The molecule has 0 amide bonds. The van der Waals surface area contributed by atoms with E-state index in [1.807, 2.05) is 42.9 Å². The third-order valence-corrected chi connectivity index (χ3v) is 5.25. The second-order valence-corrected chi connectivity index (χ2v) is 7.60. The molecule has 1 N–H and O–H groups in total. The van der Waals surface area contributed by atoms with Gasteiger partial charge < -0.3 is 10.2 Å². The van der Waals surface area contributed by atoms with E-state index in [0.29, 0.717) is 6.04 Å². The number of hydrogen-bond acceptors (Lipinski definition) is 6. The first-order valence-electron chi connectivity index (χ1n) is 9.66. The third kappa shape index (κ3) is 2.97. The van der Waals surface area contributed by atoms with Crippen molar-refractivity contribution >= 4 is 22.4 Å². The van der Waals surface area contributed by atoms with Gasteiger partial charge in [0.2, 0.25) is 0 Å². The van der Waals surface area contributed by atoms with Gasteiger partial charge in [-0.3, -0.25) is 0 Å². The van der Waals surface area contributed by atoms with Gasteiger partial charge >= 0.3 is 0 Å². The van der Waals surface area contributed by atoms with Gasteiger partial charge in [-0.2, -0.15) is 5.10 Å². The number of aryl methyl sites for hydroxylation is 2. The molecule has 5 rings (SSSR count). The molecule has 0 saturated carbocycles. The highest BCUT2D eigenvalue weighted by Crippen LogP contribution is 2.24. The Kier molecular flexibility index (Phi) is 3.98. The van der Waals surface area contributed by atoms with Crippen molar-refractivity contribution in [3.63, 3.8) is 0 Å². The van der Waals surface area contributed by atoms with E-state index in [9.17, 15) is 0 Å². The Morgan fingerprint density at radius 3 is 2.86 bits per heavy atom. The van der Waals surface area contributed by atoms with Crippen molar-refractivity contribution < 1.29 is 0 Å². The lowest BCUT2D eigenvalue weighted by Crippen LogP contribution is -2.49. The number of nitrogens with zero attached hydrogens (tertiary/aromatic N) is 6. The van der Waals surface area contributed by atoms with Crippen LogP contribution >= 0.6 is 0 Å². The summed E-state index contributed by atoms with van der Waals surface area (Å²) in [6.07, 6.45) is 3.87. The van der Waals surface area contributed by atoms with Gasteiger partial charge in [-0.15, -0.1) is 0 Å². The van der Waals surface area contributed by atoms with Crippen molar-refractivity contribution in [3.8, 4) is 11.4 Å². The molecular formula is C21H23N7. The Labute approximate surface area is 163 Å². The number of rotatable bonds is 2. The van der Waals surface area contributed by atoms with Crippen LogP contribution in [0, 0.1) is 13.8 Å². The zero-order valence-corrected chi connectivity index (χ0v) is 16.3. The zero-order valence-electron chi connectivity index (χ0n) is 16.3. The quantitative estimate of drug-likeness (QED) is 0.583. The lowest BCUT2D eigenvalue weighted by atomic mass is 10.1. The fourth-order valence-electron chi connectivity index (χ4n) is 3.85. The Balaban J connectivity index is 1.52. The van der Waals surface area contributed by atoms with Crippen molar-refractivity contribution in [1.29, 1.82) is 0 Å². The highest BCUT2D eigenvalue weighted by Gasteiger charge is 2.17. The van der Waals surface area contributed by atoms with Gasteiger partial charge in [-0.25, -0.2) is 19.5 Å². The van der Waals surface area contributed by atoms with Crippen molar-refractivity contribution in [3.05, 3.63) is 47.9 Å². The van der Waals surface area contributed by atoms with Crippen LogP contribution in [0.15, 0.2) is 36.7 Å². The topological polar surface area (TPSA) is 71.2 Å². The van der Waals surface area contributed by atoms with Crippen LogP contribution in [-0.4, -0.2) is 50.2 Å². The molecule has 1 saturated heterocycles. The molecule has 4 aromatic rings. The summed E-state index contributed by atoms with van der Waals surface area (Å²) in [6.45, 7) is 9.22. The molecule has 1 aliphatic rings. The van der Waals surface area contributed by atoms with Crippen molar-refractivity contribution in [2.75, 3.05) is 24.5 Å². The smallest absolute Gasteiger partial charge is 0.159 e. The van der Waals surface area contributed by atoms with E-state index in [4.69, 9.17) is 4.98 Å². The maximum atomic E-state index is 4.76. The molecule has 1 aliphatic heterocycles. The highest BCUT2D eigenvalue weighted by atomic mass is 15.3. The number of nitrogens with one attached hydrogen (secondary N) is 1. The van der Waals surface area contributed by atoms with Crippen LogP contribution in [-0.2, 0) is 0 Å². The minimum atomic E-state index is 0.487. The van der Waals surface area contributed by atoms with E-state index in [-0.39, 0.29) is 0 Å². The van der Waals surface area contributed by atoms with Crippen LogP contribution in [0.5, 0.6) is 0 Å². The fourth-order valence-corrected chi connectivity index (χ4v) is 3.85. The summed E-state index contributed by atoms with van der Waals surface area (Å²) in [5.41, 5.74) is 6.46. The van der Waals surface area contributed by atoms with E-state index in [1.165, 1.54) is 0 Å². The molecule has 1 fully saturated rings. The molecule has 1 atom stereocenters. The van der Waals surface area contributed by atoms with Gasteiger partial charge in [-0.05, 0) is 50.6 Å². The van der Waals surface area contributed by atoms with Crippen LogP contribution < -0.4 is 10.2 Å². The SMILES string of the molecule is Cc1cn2nc(-c3ccc4cc(N5CCNC(C)C5)cnc4n3)cc(C)c2n1. The van der Waals surface area contributed by atoms with Crippen LogP contribution in [0.25, 0.3) is 28.1 Å². The van der Waals surface area contributed by atoms with Gasteiger partial charge in [-0.1, -0.05) is 0 Å². The molecule has 1 unspecified atom stereocenters. The second-order valence-electron chi connectivity index (χ2n) is 7.60. The summed E-state index contributed by atoms with van der Waals surface area (Å²) in [4.78, 5) is 16.3. The first-order valence-corrected chi connectivity index (χ1v) is 9.66. The molecular weight excluding hydrogens is 350 g/mol. The molecule has 5 heterocycles. The minimum Gasteiger partial charge on any atom is -0.367 e. The molecule has 0 radical (unpaired) electrons. The average molecular weight is 373 g/mol. The van der Waals surface area contributed by atoms with E-state index in [1.54, 1.807) is 0 Å². The van der Waals surface area contributed by atoms with Gasteiger partial charge in [0.25, 0.3) is 0 Å². The summed E-state index contributed by atoms with van der Waals surface area (Å²) in [6, 6.07) is 8.80. The molecule has 142 valence electrons. The summed E-state index contributed by atoms with van der Waals surface area (Å²) >= 11 is 0. The molecule has 7 heteroatoms. The summed E-state index contributed by atoms with van der Waals surface area (Å²) < 4.78 is 1.83. The van der Waals surface area contributed by atoms with Crippen LogP contribution in [0.3, 0.4) is 0 Å². The lowest BCUT2D eigenvalue weighted by molar-refractivity contribution is 0.484. The monoisotopic (exact) mass is 373 g/mol. The average Bonchev–Trinajstić information content (AvgIpc) is 3.08. The van der Waals surface area contributed by atoms with E-state index in [0.717, 1.165) is 64.6 Å². The van der Waals surface area contributed by atoms with Gasteiger partial charge in [0.05, 0.1) is 29.5 Å². The Hall–Kier alpha value is -3.06. The van der Waals surface area contributed by atoms with Crippen LogP contribution in [0.2, 0.25) is 0 Å². The summed E-state index contributed by atoms with van der Waals surface area (Å²) in [5, 5.41) is 9.20. The Bertz CT molecular complexity index is 1180.